The summed E-state index contributed by atoms with van der Waals surface area (Å²) in [6.07, 6.45) is 2.35. The minimum absolute atomic E-state index is 0.0895. The van der Waals surface area contributed by atoms with Crippen molar-refractivity contribution >= 4 is 34.4 Å². The quantitative estimate of drug-likeness (QED) is 0.913. The molecule has 2 N–H and O–H groups in total. The number of nitrogens with zero attached hydrogens (tertiary/aromatic N) is 2. The molecule has 2 aromatic rings. The number of carbonyl (C=O) groups is 1. The fraction of sp³-hybridized carbons (Fsp3) is 0.375. The molecule has 0 unspecified atom stereocenters. The molecule has 5 nitrogen and oxygen atoms in total. The smallest absolute Gasteiger partial charge is 0.322 e. The molecule has 0 radical (unpaired) electrons. The van der Waals surface area contributed by atoms with Gasteiger partial charge in [0, 0.05) is 42.3 Å². The molecule has 2 amide bonds. The topological polar surface area (TPSA) is 65.5 Å². The molecule has 0 bridgehead atoms. The second-order valence-electron chi connectivity index (χ2n) is 5.25. The van der Waals surface area contributed by atoms with Crippen molar-refractivity contribution in [2.75, 3.05) is 30.0 Å². The van der Waals surface area contributed by atoms with Crippen molar-refractivity contribution in [3.8, 4) is 0 Å². The monoisotopic (exact) mass is 317 g/mol. The Labute approximate surface area is 133 Å². The van der Waals surface area contributed by atoms with Crippen LogP contribution in [0, 0.1) is 0 Å². The lowest BCUT2D eigenvalue weighted by Gasteiger charge is -2.35. The van der Waals surface area contributed by atoms with Crippen LogP contribution in [0.2, 0.25) is 0 Å². The molecule has 1 aliphatic heterocycles. The zero-order valence-corrected chi connectivity index (χ0v) is 13.1. The van der Waals surface area contributed by atoms with Gasteiger partial charge in [-0.1, -0.05) is 18.2 Å². The Balaban J connectivity index is 1.80. The van der Waals surface area contributed by atoms with Crippen LogP contribution in [-0.2, 0) is 0 Å². The average Bonchev–Trinajstić information content (AvgIpc) is 2.56. The molecule has 2 heterocycles. The van der Waals surface area contributed by atoms with Gasteiger partial charge < -0.3 is 15.3 Å². The van der Waals surface area contributed by atoms with E-state index in [9.17, 15) is 9.90 Å². The molecule has 1 saturated heterocycles. The summed E-state index contributed by atoms with van der Waals surface area (Å²) in [5, 5.41) is 13.1. The number of benzene rings is 1. The first-order valence-electron chi connectivity index (χ1n) is 7.39. The van der Waals surface area contributed by atoms with Gasteiger partial charge in [0.2, 0.25) is 0 Å². The number of urea groups is 1. The molecule has 1 aliphatic rings. The number of nitrogens with one attached hydrogen (secondary N) is 1. The van der Waals surface area contributed by atoms with Crippen molar-refractivity contribution in [1.29, 1.82) is 0 Å². The summed E-state index contributed by atoms with van der Waals surface area (Å²) in [5.74, 6) is 1.81. The summed E-state index contributed by atoms with van der Waals surface area (Å²) in [7, 11) is 0. The van der Waals surface area contributed by atoms with Gasteiger partial charge in [0.25, 0.3) is 0 Å². The van der Waals surface area contributed by atoms with Gasteiger partial charge in [0.1, 0.15) is 0 Å². The zero-order valence-electron chi connectivity index (χ0n) is 12.2. The number of pyridine rings is 1. The van der Waals surface area contributed by atoms with E-state index in [0.717, 1.165) is 28.1 Å². The molecule has 1 aromatic heterocycles. The van der Waals surface area contributed by atoms with Crippen LogP contribution in [0.5, 0.6) is 0 Å². The van der Waals surface area contributed by atoms with Crippen molar-refractivity contribution in [2.24, 2.45) is 0 Å². The highest BCUT2D eigenvalue weighted by molar-refractivity contribution is 7.99. The van der Waals surface area contributed by atoms with Crippen molar-refractivity contribution < 1.29 is 9.90 Å². The van der Waals surface area contributed by atoms with Crippen LogP contribution in [0.1, 0.15) is 6.42 Å². The summed E-state index contributed by atoms with van der Waals surface area (Å²) in [6, 6.07) is 9.59. The molecule has 1 aromatic carbocycles. The fourth-order valence-corrected chi connectivity index (χ4v) is 3.81. The maximum atomic E-state index is 12.6. The van der Waals surface area contributed by atoms with E-state index in [1.165, 1.54) is 0 Å². The van der Waals surface area contributed by atoms with Gasteiger partial charge in [-0.2, -0.15) is 11.8 Å². The number of anilines is 1. The van der Waals surface area contributed by atoms with E-state index in [2.05, 4.69) is 10.3 Å². The first-order valence-corrected chi connectivity index (χ1v) is 8.55. The summed E-state index contributed by atoms with van der Waals surface area (Å²) in [6.45, 7) is 0.810. The third-order valence-electron chi connectivity index (χ3n) is 3.83. The summed E-state index contributed by atoms with van der Waals surface area (Å²) >= 11 is 1.83. The number of aromatic nitrogens is 1. The summed E-state index contributed by atoms with van der Waals surface area (Å²) in [5.41, 5.74) is 1.52. The molecule has 0 saturated carbocycles. The second kappa shape index (κ2) is 6.98. The molecular formula is C16H19N3O2S. The van der Waals surface area contributed by atoms with Crippen LogP contribution in [0.3, 0.4) is 0 Å². The van der Waals surface area contributed by atoms with E-state index < -0.39 is 0 Å². The molecule has 3 rings (SSSR count). The fourth-order valence-electron chi connectivity index (χ4n) is 2.70. The number of rotatable bonds is 3. The molecule has 6 heteroatoms. The van der Waals surface area contributed by atoms with E-state index in [1.54, 1.807) is 6.20 Å². The standard InChI is InChI=1S/C16H19N3O2S/c20-9-6-13-11-22-10-8-19(13)16(21)18-14-5-1-3-12-4-2-7-17-15(12)14/h1-5,7,13,20H,6,8-11H2,(H,18,21)/t13-/m0/s1. The van der Waals surface area contributed by atoms with Gasteiger partial charge in [0.05, 0.1) is 11.2 Å². The van der Waals surface area contributed by atoms with Crippen molar-refractivity contribution in [2.45, 2.75) is 12.5 Å². The van der Waals surface area contributed by atoms with Crippen molar-refractivity contribution in [3.63, 3.8) is 0 Å². The number of aliphatic hydroxyl groups is 1. The predicted octanol–water partition coefficient (Wildman–Crippen LogP) is 2.57. The van der Waals surface area contributed by atoms with E-state index in [-0.39, 0.29) is 18.7 Å². The summed E-state index contributed by atoms with van der Waals surface area (Å²) in [4.78, 5) is 18.8. The number of thioether (sulfide) groups is 1. The number of para-hydroxylation sites is 1. The van der Waals surface area contributed by atoms with Crippen LogP contribution in [-0.4, -0.2) is 51.7 Å². The maximum absolute atomic E-state index is 12.6. The highest BCUT2D eigenvalue weighted by atomic mass is 32.2. The first-order chi connectivity index (χ1) is 10.8. The zero-order chi connectivity index (χ0) is 15.4. The maximum Gasteiger partial charge on any atom is 0.322 e. The van der Waals surface area contributed by atoms with Gasteiger partial charge in [-0.3, -0.25) is 4.98 Å². The lowest BCUT2D eigenvalue weighted by atomic mass is 10.2. The van der Waals surface area contributed by atoms with Gasteiger partial charge >= 0.3 is 6.03 Å². The third kappa shape index (κ3) is 3.18. The van der Waals surface area contributed by atoms with E-state index >= 15 is 0 Å². The van der Waals surface area contributed by atoms with Crippen molar-refractivity contribution in [1.82, 2.24) is 9.88 Å². The Kier molecular flexibility index (Phi) is 4.80. The summed E-state index contributed by atoms with van der Waals surface area (Å²) < 4.78 is 0. The van der Waals surface area contributed by atoms with Gasteiger partial charge in [0.15, 0.2) is 0 Å². The third-order valence-corrected chi connectivity index (χ3v) is 4.92. The molecule has 0 aliphatic carbocycles. The highest BCUT2D eigenvalue weighted by Crippen LogP contribution is 2.23. The SMILES string of the molecule is O=C(Nc1cccc2cccnc12)N1CCSC[C@@H]1CCO. The van der Waals surface area contributed by atoms with Crippen LogP contribution < -0.4 is 5.32 Å². The number of hydrogen-bond donors (Lipinski definition) is 2. The lowest BCUT2D eigenvalue weighted by molar-refractivity contribution is 0.177. The Bertz CT molecular complexity index is 657. The number of hydrogen-bond acceptors (Lipinski definition) is 4. The number of fused-ring (bicyclic) bond motifs is 1. The minimum atomic E-state index is -0.114. The lowest BCUT2D eigenvalue weighted by Crippen LogP contribution is -2.48. The van der Waals surface area contributed by atoms with E-state index in [0.29, 0.717) is 13.0 Å². The Hall–Kier alpha value is -1.79. The predicted molar refractivity (Wildman–Crippen MR) is 90.3 cm³/mol. The van der Waals surface area contributed by atoms with E-state index in [1.807, 2.05) is 47.0 Å². The van der Waals surface area contributed by atoms with Gasteiger partial charge in [-0.25, -0.2) is 4.79 Å². The van der Waals surface area contributed by atoms with E-state index in [4.69, 9.17) is 0 Å². The second-order valence-corrected chi connectivity index (χ2v) is 6.40. The normalized spacial score (nSPS) is 18.4. The molecule has 0 spiro atoms. The first kappa shape index (κ1) is 15.1. The molecule has 22 heavy (non-hydrogen) atoms. The minimum Gasteiger partial charge on any atom is -0.396 e. The van der Waals surface area contributed by atoms with Gasteiger partial charge in [-0.05, 0) is 18.6 Å². The van der Waals surface area contributed by atoms with Crippen LogP contribution in [0.4, 0.5) is 10.5 Å². The van der Waals surface area contributed by atoms with Crippen LogP contribution in [0.15, 0.2) is 36.5 Å². The van der Waals surface area contributed by atoms with Gasteiger partial charge in [-0.15, -0.1) is 0 Å². The van der Waals surface area contributed by atoms with Crippen molar-refractivity contribution in [3.05, 3.63) is 36.5 Å². The highest BCUT2D eigenvalue weighted by Gasteiger charge is 2.26. The molecule has 1 atom stereocenters. The number of carbonyl (C=O) groups excluding carboxylic acids is 1. The Morgan fingerprint density at radius 1 is 1.41 bits per heavy atom. The largest absolute Gasteiger partial charge is 0.396 e. The number of amides is 2. The average molecular weight is 317 g/mol. The number of aliphatic hydroxyl groups excluding tert-OH is 1. The molecule has 1 fully saturated rings. The van der Waals surface area contributed by atoms with Crippen LogP contribution in [0.25, 0.3) is 10.9 Å². The Morgan fingerprint density at radius 3 is 3.14 bits per heavy atom. The molecular weight excluding hydrogens is 298 g/mol. The van der Waals surface area contributed by atoms with Crippen LogP contribution >= 0.6 is 11.8 Å². The Morgan fingerprint density at radius 2 is 2.27 bits per heavy atom. The molecule has 116 valence electrons.